The van der Waals surface area contributed by atoms with Crippen LogP contribution in [0.4, 0.5) is 0 Å². The maximum absolute atomic E-state index is 5.67. The van der Waals surface area contributed by atoms with Gasteiger partial charge in [0.15, 0.2) is 0 Å². The second kappa shape index (κ2) is 10.4. The second-order valence-corrected chi connectivity index (χ2v) is 6.75. The molecule has 0 aliphatic rings. The highest BCUT2D eigenvalue weighted by molar-refractivity contribution is 7.12. The molecule has 0 amide bonds. The van der Waals surface area contributed by atoms with Crippen LogP contribution in [0.3, 0.4) is 0 Å². The molecule has 3 N–H and O–H groups in total. The molecule has 0 aliphatic carbocycles. The SMILES string of the molecule is CCCCCCCCCCC(NN)c1ccc(C)s1. The fraction of sp³-hybridized carbons (Fsp3) is 0.750. The predicted octanol–water partition coefficient (Wildman–Crippen LogP) is 5.09. The second-order valence-electron chi connectivity index (χ2n) is 5.43. The van der Waals surface area contributed by atoms with Crippen molar-refractivity contribution in [3.63, 3.8) is 0 Å². The summed E-state index contributed by atoms with van der Waals surface area (Å²) in [7, 11) is 0. The molecule has 1 aromatic heterocycles. The molecule has 0 bridgehead atoms. The van der Waals surface area contributed by atoms with Gasteiger partial charge in [-0.05, 0) is 25.5 Å². The third-order valence-corrected chi connectivity index (χ3v) is 4.77. The van der Waals surface area contributed by atoms with Gasteiger partial charge in [0.1, 0.15) is 0 Å². The molecule has 1 unspecified atom stereocenters. The summed E-state index contributed by atoms with van der Waals surface area (Å²) < 4.78 is 0. The Morgan fingerprint density at radius 2 is 1.68 bits per heavy atom. The molecule has 19 heavy (non-hydrogen) atoms. The van der Waals surface area contributed by atoms with E-state index < -0.39 is 0 Å². The maximum Gasteiger partial charge on any atom is 0.0553 e. The van der Waals surface area contributed by atoms with E-state index in [2.05, 4.69) is 31.4 Å². The number of aryl methyl sites for hydroxylation is 1. The number of hydrazine groups is 1. The van der Waals surface area contributed by atoms with Crippen molar-refractivity contribution < 1.29 is 0 Å². The lowest BCUT2D eigenvalue weighted by Gasteiger charge is -2.13. The Morgan fingerprint density at radius 1 is 1.05 bits per heavy atom. The topological polar surface area (TPSA) is 38.0 Å². The van der Waals surface area contributed by atoms with Gasteiger partial charge in [0.05, 0.1) is 6.04 Å². The molecular weight excluding hydrogens is 252 g/mol. The highest BCUT2D eigenvalue weighted by atomic mass is 32.1. The van der Waals surface area contributed by atoms with Crippen LogP contribution in [0.15, 0.2) is 12.1 Å². The van der Waals surface area contributed by atoms with Crippen molar-refractivity contribution in [3.05, 3.63) is 21.9 Å². The van der Waals surface area contributed by atoms with E-state index in [0.29, 0.717) is 6.04 Å². The van der Waals surface area contributed by atoms with Crippen molar-refractivity contribution in [2.75, 3.05) is 0 Å². The van der Waals surface area contributed by atoms with Gasteiger partial charge in [0.25, 0.3) is 0 Å². The summed E-state index contributed by atoms with van der Waals surface area (Å²) in [5.41, 5.74) is 2.96. The maximum atomic E-state index is 5.67. The average Bonchev–Trinajstić information content (AvgIpc) is 2.83. The van der Waals surface area contributed by atoms with Crippen LogP contribution < -0.4 is 11.3 Å². The molecule has 1 rings (SSSR count). The molecule has 110 valence electrons. The monoisotopic (exact) mass is 282 g/mol. The van der Waals surface area contributed by atoms with Gasteiger partial charge in [-0.3, -0.25) is 11.3 Å². The Morgan fingerprint density at radius 3 is 2.21 bits per heavy atom. The van der Waals surface area contributed by atoms with Crippen LogP contribution in [-0.2, 0) is 0 Å². The summed E-state index contributed by atoms with van der Waals surface area (Å²) in [4.78, 5) is 2.74. The number of unbranched alkanes of at least 4 members (excludes halogenated alkanes) is 7. The molecule has 0 saturated carbocycles. The first-order chi connectivity index (χ1) is 9.27. The van der Waals surface area contributed by atoms with Crippen molar-refractivity contribution in [2.45, 2.75) is 77.7 Å². The van der Waals surface area contributed by atoms with Crippen molar-refractivity contribution in [3.8, 4) is 0 Å². The average molecular weight is 282 g/mol. The quantitative estimate of drug-likeness (QED) is 0.337. The van der Waals surface area contributed by atoms with Gasteiger partial charge in [0, 0.05) is 9.75 Å². The Balaban J connectivity index is 2.07. The zero-order valence-corrected chi connectivity index (χ0v) is 13.4. The van der Waals surface area contributed by atoms with E-state index in [9.17, 15) is 0 Å². The first-order valence-corrected chi connectivity index (χ1v) is 8.62. The minimum absolute atomic E-state index is 0.346. The highest BCUT2D eigenvalue weighted by Gasteiger charge is 2.10. The van der Waals surface area contributed by atoms with E-state index in [1.54, 1.807) is 0 Å². The van der Waals surface area contributed by atoms with Gasteiger partial charge in [-0.1, -0.05) is 58.3 Å². The molecule has 1 atom stereocenters. The number of hydrogen-bond donors (Lipinski definition) is 2. The first kappa shape index (κ1) is 16.7. The van der Waals surface area contributed by atoms with Gasteiger partial charge >= 0.3 is 0 Å². The van der Waals surface area contributed by atoms with E-state index >= 15 is 0 Å². The normalized spacial score (nSPS) is 12.8. The van der Waals surface area contributed by atoms with Crippen LogP contribution in [0, 0.1) is 6.92 Å². The van der Waals surface area contributed by atoms with Crippen LogP contribution in [0.1, 0.15) is 80.5 Å². The zero-order chi connectivity index (χ0) is 13.9. The Bertz CT molecular complexity index is 322. The van der Waals surface area contributed by atoms with E-state index in [0.717, 1.165) is 6.42 Å². The highest BCUT2D eigenvalue weighted by Crippen LogP contribution is 2.26. The molecule has 1 heterocycles. The molecule has 0 spiro atoms. The number of nitrogens with two attached hydrogens (primary N) is 1. The molecule has 2 nitrogen and oxygen atoms in total. The lowest BCUT2D eigenvalue weighted by molar-refractivity contribution is 0.480. The molecule has 0 radical (unpaired) electrons. The lowest BCUT2D eigenvalue weighted by atomic mass is 10.0. The molecule has 0 aromatic carbocycles. The number of thiophene rings is 1. The molecular formula is C16H30N2S. The number of hydrogen-bond acceptors (Lipinski definition) is 3. The van der Waals surface area contributed by atoms with Gasteiger partial charge in [-0.25, -0.2) is 0 Å². The molecule has 1 aromatic rings. The van der Waals surface area contributed by atoms with Crippen LogP contribution in [-0.4, -0.2) is 0 Å². The van der Waals surface area contributed by atoms with E-state index in [-0.39, 0.29) is 0 Å². The van der Waals surface area contributed by atoms with Gasteiger partial charge in [0.2, 0.25) is 0 Å². The Labute approximate surface area is 122 Å². The van der Waals surface area contributed by atoms with Crippen LogP contribution in [0.25, 0.3) is 0 Å². The van der Waals surface area contributed by atoms with Gasteiger partial charge in [-0.2, -0.15) is 0 Å². The van der Waals surface area contributed by atoms with Crippen molar-refractivity contribution in [2.24, 2.45) is 5.84 Å². The van der Waals surface area contributed by atoms with Crippen molar-refractivity contribution in [1.82, 2.24) is 5.43 Å². The smallest absolute Gasteiger partial charge is 0.0553 e. The van der Waals surface area contributed by atoms with E-state index in [1.807, 2.05) is 11.3 Å². The summed E-state index contributed by atoms with van der Waals surface area (Å²) in [6.07, 6.45) is 12.1. The molecule has 3 heteroatoms. The summed E-state index contributed by atoms with van der Waals surface area (Å²) in [5.74, 6) is 5.67. The zero-order valence-electron chi connectivity index (χ0n) is 12.6. The standard InChI is InChI=1S/C16H30N2S/c1-3-4-5-6-7-8-9-10-11-15(18-17)16-13-12-14(2)19-16/h12-13,15,18H,3-11,17H2,1-2H3. The lowest BCUT2D eigenvalue weighted by Crippen LogP contribution is -2.27. The first-order valence-electron chi connectivity index (χ1n) is 7.80. The third-order valence-electron chi connectivity index (χ3n) is 3.65. The van der Waals surface area contributed by atoms with Crippen molar-refractivity contribution in [1.29, 1.82) is 0 Å². The summed E-state index contributed by atoms with van der Waals surface area (Å²) in [6.45, 7) is 4.42. The fourth-order valence-corrected chi connectivity index (χ4v) is 3.40. The van der Waals surface area contributed by atoms with E-state index in [1.165, 1.54) is 61.1 Å². The minimum atomic E-state index is 0.346. The fourth-order valence-electron chi connectivity index (χ4n) is 2.43. The molecule has 0 fully saturated rings. The van der Waals surface area contributed by atoms with Crippen LogP contribution in [0.2, 0.25) is 0 Å². The summed E-state index contributed by atoms with van der Waals surface area (Å²) >= 11 is 1.86. The van der Waals surface area contributed by atoms with Crippen LogP contribution in [0.5, 0.6) is 0 Å². The largest absolute Gasteiger partial charge is 0.271 e. The molecule has 0 saturated heterocycles. The predicted molar refractivity (Wildman–Crippen MR) is 86.3 cm³/mol. The van der Waals surface area contributed by atoms with Crippen LogP contribution >= 0.6 is 11.3 Å². The number of nitrogens with one attached hydrogen (secondary N) is 1. The summed E-state index contributed by atoms with van der Waals surface area (Å²) in [5, 5.41) is 0. The summed E-state index contributed by atoms with van der Waals surface area (Å²) in [6, 6.07) is 4.73. The van der Waals surface area contributed by atoms with Gasteiger partial charge < -0.3 is 0 Å². The van der Waals surface area contributed by atoms with E-state index in [4.69, 9.17) is 5.84 Å². The minimum Gasteiger partial charge on any atom is -0.271 e. The number of rotatable bonds is 11. The Kier molecular flexibility index (Phi) is 9.14. The Hall–Kier alpha value is -0.380. The third kappa shape index (κ3) is 7.09. The van der Waals surface area contributed by atoms with Crippen molar-refractivity contribution >= 4 is 11.3 Å². The molecule has 0 aliphatic heterocycles. The van der Waals surface area contributed by atoms with Gasteiger partial charge in [-0.15, -0.1) is 11.3 Å².